The van der Waals surface area contributed by atoms with E-state index in [2.05, 4.69) is 47.8 Å². The molecule has 1 heterocycles. The van der Waals surface area contributed by atoms with E-state index in [1.165, 1.54) is 0 Å². The number of halogens is 1. The monoisotopic (exact) mass is 413 g/mol. The number of anilines is 1. The van der Waals surface area contributed by atoms with Crippen LogP contribution in [0, 0.1) is 22.7 Å². The van der Waals surface area contributed by atoms with Crippen molar-refractivity contribution in [2.75, 3.05) is 12.8 Å². The number of rotatable bonds is 2. The van der Waals surface area contributed by atoms with Gasteiger partial charge in [0.05, 0.1) is 7.11 Å². The number of aryl methyl sites for hydroxylation is 1. The molecule has 26 heavy (non-hydrogen) atoms. The highest BCUT2D eigenvalue weighted by molar-refractivity contribution is 9.10. The van der Waals surface area contributed by atoms with Crippen molar-refractivity contribution in [2.24, 2.45) is 11.3 Å². The average molecular weight is 414 g/mol. The summed E-state index contributed by atoms with van der Waals surface area (Å²) in [5.74, 6) is 1.57. The molecular weight excluding hydrogens is 390 g/mol. The maximum absolute atomic E-state index is 9.80. The molecule has 5 heteroatoms. The summed E-state index contributed by atoms with van der Waals surface area (Å²) in [6.07, 6.45) is 2.87. The van der Waals surface area contributed by atoms with Gasteiger partial charge in [-0.05, 0) is 54.4 Å². The highest BCUT2D eigenvalue weighted by Crippen LogP contribution is 2.44. The Balaban J connectivity index is 2.30. The summed E-state index contributed by atoms with van der Waals surface area (Å²) >= 11 is 3.54. The minimum atomic E-state index is 0.199. The Morgan fingerprint density at radius 3 is 2.69 bits per heavy atom. The zero-order chi connectivity index (χ0) is 19.1. The van der Waals surface area contributed by atoms with Gasteiger partial charge < -0.3 is 10.5 Å². The van der Waals surface area contributed by atoms with E-state index in [9.17, 15) is 5.26 Å². The molecule has 0 radical (unpaired) electrons. The first kappa shape index (κ1) is 18.7. The molecule has 2 N–H and O–H groups in total. The Labute approximate surface area is 163 Å². The van der Waals surface area contributed by atoms with Gasteiger partial charge in [0, 0.05) is 21.3 Å². The molecule has 0 spiro atoms. The molecule has 0 amide bonds. The minimum absolute atomic E-state index is 0.199. The second kappa shape index (κ2) is 6.92. The first-order valence-corrected chi connectivity index (χ1v) is 9.60. The molecule has 2 aromatic rings. The quantitative estimate of drug-likeness (QED) is 0.740. The van der Waals surface area contributed by atoms with Gasteiger partial charge in [0.2, 0.25) is 0 Å². The van der Waals surface area contributed by atoms with Crippen LogP contribution in [-0.4, -0.2) is 12.1 Å². The predicted octanol–water partition coefficient (Wildman–Crippen LogP) is 5.12. The molecule has 4 nitrogen and oxygen atoms in total. The molecule has 1 atom stereocenters. The number of pyridine rings is 1. The Bertz CT molecular complexity index is 894. The van der Waals surface area contributed by atoms with Gasteiger partial charge in [-0.3, -0.25) is 0 Å². The zero-order valence-electron chi connectivity index (χ0n) is 15.7. The summed E-state index contributed by atoms with van der Waals surface area (Å²) in [5, 5.41) is 9.80. The highest BCUT2D eigenvalue weighted by atomic mass is 79.9. The molecule has 3 rings (SSSR count). The van der Waals surface area contributed by atoms with E-state index in [0.717, 1.165) is 51.9 Å². The molecule has 0 aliphatic heterocycles. The average Bonchev–Trinajstić information content (AvgIpc) is 2.59. The Kier molecular flexibility index (Phi) is 4.98. The lowest BCUT2D eigenvalue weighted by atomic mass is 9.70. The molecule has 1 unspecified atom stereocenters. The van der Waals surface area contributed by atoms with Crippen LogP contribution in [0.1, 0.15) is 44.0 Å². The van der Waals surface area contributed by atoms with Crippen molar-refractivity contribution in [1.82, 2.24) is 4.98 Å². The third-order valence-corrected chi connectivity index (χ3v) is 5.85. The van der Waals surface area contributed by atoms with Crippen molar-refractivity contribution in [3.05, 3.63) is 39.5 Å². The van der Waals surface area contributed by atoms with Crippen LogP contribution >= 0.6 is 15.9 Å². The molecular formula is C21H24BrN3O. The molecule has 0 bridgehead atoms. The van der Waals surface area contributed by atoms with E-state index >= 15 is 0 Å². The molecule has 1 aromatic carbocycles. The molecule has 1 aromatic heterocycles. The van der Waals surface area contributed by atoms with Gasteiger partial charge in [0.25, 0.3) is 0 Å². The van der Waals surface area contributed by atoms with Crippen LogP contribution in [-0.2, 0) is 12.8 Å². The van der Waals surface area contributed by atoms with E-state index in [1.54, 1.807) is 7.11 Å². The summed E-state index contributed by atoms with van der Waals surface area (Å²) in [6.45, 7) is 6.83. The molecule has 0 saturated heterocycles. The van der Waals surface area contributed by atoms with Gasteiger partial charge in [-0.2, -0.15) is 5.26 Å². The number of nitrogens with two attached hydrogens (primary N) is 1. The number of hydrogen-bond donors (Lipinski definition) is 1. The Hall–Kier alpha value is -2.06. The maximum atomic E-state index is 9.80. The maximum Gasteiger partial charge on any atom is 0.142 e. The number of nitrogens with zero attached hydrogens (tertiary/aromatic N) is 2. The van der Waals surface area contributed by atoms with Crippen LogP contribution in [0.15, 0.2) is 22.7 Å². The number of fused-ring (bicyclic) bond motifs is 1. The number of aromatic nitrogens is 1. The van der Waals surface area contributed by atoms with Gasteiger partial charge >= 0.3 is 0 Å². The zero-order valence-corrected chi connectivity index (χ0v) is 17.3. The number of methoxy groups -OCH3 is 1. The summed E-state index contributed by atoms with van der Waals surface area (Å²) in [4.78, 5) is 4.57. The smallest absolute Gasteiger partial charge is 0.142 e. The molecule has 136 valence electrons. The largest absolute Gasteiger partial charge is 0.496 e. The normalized spacial score (nSPS) is 16.7. The molecule has 0 saturated carbocycles. The van der Waals surface area contributed by atoms with Gasteiger partial charge in [-0.25, -0.2) is 4.98 Å². The lowest BCUT2D eigenvalue weighted by molar-refractivity contribution is 0.215. The Morgan fingerprint density at radius 1 is 1.35 bits per heavy atom. The van der Waals surface area contributed by atoms with Crippen molar-refractivity contribution in [2.45, 2.75) is 40.0 Å². The number of hydrogen-bond acceptors (Lipinski definition) is 4. The second-order valence-electron chi connectivity index (χ2n) is 7.93. The minimum Gasteiger partial charge on any atom is -0.496 e. The number of ether oxygens (including phenoxy) is 1. The topological polar surface area (TPSA) is 71.9 Å². The van der Waals surface area contributed by atoms with Crippen LogP contribution < -0.4 is 10.5 Å². The number of nitrogen functional groups attached to an aromatic ring is 1. The third-order valence-electron chi connectivity index (χ3n) is 5.36. The van der Waals surface area contributed by atoms with E-state index in [-0.39, 0.29) is 5.41 Å². The van der Waals surface area contributed by atoms with Crippen molar-refractivity contribution in [1.29, 1.82) is 5.26 Å². The van der Waals surface area contributed by atoms with Crippen molar-refractivity contribution in [3.63, 3.8) is 0 Å². The van der Waals surface area contributed by atoms with Crippen molar-refractivity contribution in [3.8, 4) is 22.9 Å². The SMILES string of the molecule is COc1ccc(Br)cc1-c1c(C#N)c(N)nc2c1CC(C(C)(C)C)CC2. The van der Waals surface area contributed by atoms with E-state index in [0.29, 0.717) is 17.3 Å². The summed E-state index contributed by atoms with van der Waals surface area (Å²) in [6, 6.07) is 8.12. The Morgan fingerprint density at radius 2 is 2.08 bits per heavy atom. The first-order chi connectivity index (χ1) is 12.3. The van der Waals surface area contributed by atoms with Crippen LogP contribution in [0.25, 0.3) is 11.1 Å². The summed E-state index contributed by atoms with van der Waals surface area (Å²) in [5.41, 5.74) is 10.7. The fourth-order valence-corrected chi connectivity index (χ4v) is 4.16. The first-order valence-electron chi connectivity index (χ1n) is 8.81. The summed E-state index contributed by atoms with van der Waals surface area (Å²) < 4.78 is 6.52. The highest BCUT2D eigenvalue weighted by Gasteiger charge is 2.33. The van der Waals surface area contributed by atoms with Crippen molar-refractivity contribution < 1.29 is 4.74 Å². The van der Waals surface area contributed by atoms with Gasteiger partial charge in [-0.1, -0.05) is 36.7 Å². The lowest BCUT2D eigenvalue weighted by Gasteiger charge is -2.36. The lowest BCUT2D eigenvalue weighted by Crippen LogP contribution is -2.28. The third kappa shape index (κ3) is 3.31. The predicted molar refractivity (Wildman–Crippen MR) is 108 cm³/mol. The van der Waals surface area contributed by atoms with Gasteiger partial charge in [-0.15, -0.1) is 0 Å². The van der Waals surface area contributed by atoms with Gasteiger partial charge in [0.1, 0.15) is 23.2 Å². The van der Waals surface area contributed by atoms with E-state index in [1.807, 2.05) is 18.2 Å². The second-order valence-corrected chi connectivity index (χ2v) is 8.85. The van der Waals surface area contributed by atoms with Crippen LogP contribution in [0.5, 0.6) is 5.75 Å². The van der Waals surface area contributed by atoms with Crippen LogP contribution in [0.4, 0.5) is 5.82 Å². The standard InChI is InChI=1S/C21H24BrN3O/c1-21(2,3)12-5-7-17-14(9-12)19(16(11-23)20(24)25-17)15-10-13(22)6-8-18(15)26-4/h6,8,10,12H,5,7,9H2,1-4H3,(H2,24,25). The van der Waals surface area contributed by atoms with E-state index < -0.39 is 0 Å². The summed E-state index contributed by atoms with van der Waals surface area (Å²) in [7, 11) is 1.65. The fourth-order valence-electron chi connectivity index (χ4n) is 3.80. The van der Waals surface area contributed by atoms with E-state index in [4.69, 9.17) is 10.5 Å². The van der Waals surface area contributed by atoms with Gasteiger partial charge in [0.15, 0.2) is 0 Å². The molecule has 1 aliphatic rings. The fraction of sp³-hybridized carbons (Fsp3) is 0.429. The number of benzene rings is 1. The van der Waals surface area contributed by atoms with Crippen molar-refractivity contribution >= 4 is 21.7 Å². The molecule has 1 aliphatic carbocycles. The number of nitriles is 1. The van der Waals surface area contributed by atoms with Crippen LogP contribution in [0.3, 0.4) is 0 Å². The van der Waals surface area contributed by atoms with Crippen LogP contribution in [0.2, 0.25) is 0 Å². The molecule has 0 fully saturated rings.